The smallest absolute Gasteiger partial charge is 0 e. The number of aromatic nitrogens is 2. The molecule has 0 aliphatic rings. The van der Waals surface area contributed by atoms with Crippen LogP contribution in [0.4, 0.5) is 0 Å². The van der Waals surface area contributed by atoms with Crippen molar-refractivity contribution < 1.29 is 30.3 Å². The van der Waals surface area contributed by atoms with Crippen LogP contribution in [0.3, 0.4) is 0 Å². The molecular formula is C43H40GeIrN2O2-2. The van der Waals surface area contributed by atoms with Crippen molar-refractivity contribution in [1.82, 2.24) is 9.97 Å². The first kappa shape index (κ1) is 33.5. The molecular weight excluding hydrogens is 841 g/mol. The Labute approximate surface area is 306 Å². The third-order valence-corrected chi connectivity index (χ3v) is 13.2. The van der Waals surface area contributed by atoms with E-state index in [4.69, 9.17) is 10.2 Å². The van der Waals surface area contributed by atoms with Crippen LogP contribution in [0.15, 0.2) is 112 Å². The fourth-order valence-electron chi connectivity index (χ4n) is 6.06. The number of pyridine rings is 2. The molecule has 4 heterocycles. The van der Waals surface area contributed by atoms with Gasteiger partial charge in [0.1, 0.15) is 11.2 Å². The second-order valence-corrected chi connectivity index (χ2v) is 24.6. The Morgan fingerprint density at radius 2 is 1.51 bits per heavy atom. The monoisotopic (exact) mass is 884 g/mol. The van der Waals surface area contributed by atoms with Gasteiger partial charge in [-0.15, -0.1) is 0 Å². The normalized spacial score (nSPS) is 12.3. The molecule has 0 N–H and O–H groups in total. The summed E-state index contributed by atoms with van der Waals surface area (Å²) in [6.45, 7) is 8.12. The van der Waals surface area contributed by atoms with Crippen molar-refractivity contribution in [3.63, 3.8) is 0 Å². The van der Waals surface area contributed by atoms with Crippen LogP contribution in [0.5, 0.6) is 0 Å². The number of fused-ring (bicyclic) bond motifs is 7. The Hall–Kier alpha value is -4.03. The van der Waals surface area contributed by atoms with Gasteiger partial charge >= 0.3 is 99.8 Å². The van der Waals surface area contributed by atoms with E-state index in [1.807, 2.05) is 74.6 Å². The third kappa shape index (κ3) is 6.90. The van der Waals surface area contributed by atoms with Gasteiger partial charge in [0, 0.05) is 33.1 Å². The Morgan fingerprint density at radius 3 is 2.20 bits per heavy atom. The molecule has 8 aromatic rings. The average Bonchev–Trinajstić information content (AvgIpc) is 3.66. The van der Waals surface area contributed by atoms with E-state index in [2.05, 4.69) is 89.6 Å². The Kier molecular flexibility index (Phi) is 9.61. The van der Waals surface area contributed by atoms with Gasteiger partial charge in [-0.25, -0.2) is 0 Å². The average molecular weight is 883 g/mol. The molecule has 1 radical (unpaired) electrons. The van der Waals surface area contributed by atoms with Crippen LogP contribution in [0.2, 0.25) is 17.3 Å². The maximum Gasteiger partial charge on any atom is 0 e. The van der Waals surface area contributed by atoms with Gasteiger partial charge in [0.2, 0.25) is 0 Å². The molecule has 0 saturated carbocycles. The minimum Gasteiger partial charge on any atom is 0 e. The van der Waals surface area contributed by atoms with Crippen molar-refractivity contribution in [3.8, 4) is 22.5 Å². The van der Waals surface area contributed by atoms with Crippen molar-refractivity contribution in [2.45, 2.75) is 56.8 Å². The van der Waals surface area contributed by atoms with E-state index in [1.165, 1.54) is 9.96 Å². The molecule has 0 aliphatic heterocycles. The predicted molar refractivity (Wildman–Crippen MR) is 203 cm³/mol. The molecule has 0 aliphatic carbocycles. The minimum absolute atomic E-state index is 0. The SMILES string of the molecule is [2H]C(C)(C)c1ccnc(-c2[c-]c3oc4ccccc4c3c3c2oc2cc(C(C)C)ccc23)c1.[CH3][Ge]([CH3])([CH3])[c]1ccc(-c2[c-]cccc2)nc1.[Ir]. The van der Waals surface area contributed by atoms with Gasteiger partial charge in [-0.2, -0.15) is 0 Å². The molecule has 0 saturated heterocycles. The van der Waals surface area contributed by atoms with Gasteiger partial charge < -0.3 is 13.8 Å². The Bertz CT molecular complexity index is 2440. The van der Waals surface area contributed by atoms with Gasteiger partial charge in [-0.05, 0) is 57.4 Å². The maximum atomic E-state index is 8.47. The topological polar surface area (TPSA) is 52.1 Å². The van der Waals surface area contributed by atoms with Crippen LogP contribution in [0, 0.1) is 12.1 Å². The van der Waals surface area contributed by atoms with E-state index in [0.717, 1.165) is 66.4 Å². The molecule has 4 nitrogen and oxygen atoms in total. The van der Waals surface area contributed by atoms with Crippen LogP contribution >= 0.6 is 0 Å². The summed E-state index contributed by atoms with van der Waals surface area (Å²) in [5.41, 5.74) is 8.78. The van der Waals surface area contributed by atoms with E-state index in [0.29, 0.717) is 11.5 Å². The van der Waals surface area contributed by atoms with Crippen LogP contribution in [0.1, 0.15) is 52.0 Å². The van der Waals surface area contributed by atoms with E-state index in [9.17, 15) is 0 Å². The molecule has 6 heteroatoms. The fourth-order valence-corrected chi connectivity index (χ4v) is 8.23. The molecule has 249 valence electrons. The predicted octanol–water partition coefficient (Wildman–Crippen LogP) is 11.7. The standard InChI is InChI=1S/C29H24NO2.C14H16GeN.Ir/c1-16(2)18-9-10-21-25(14-18)32-29-22(23-13-19(17(3)4)11-12-30-23)15-26-27(28(21)29)20-7-5-6-8-24(20)31-26;1-15(2,3)13-9-10-14(16-11-13)12-7-5-4-6-8-12;/h5-14,16-17H,1-4H3;4-7,9-11H,1-3H3;/q2*-1;/i17D;;. The molecule has 0 unspecified atom stereocenters. The zero-order valence-corrected chi connectivity index (χ0v) is 33.4. The van der Waals surface area contributed by atoms with Gasteiger partial charge in [-0.3, -0.25) is 0 Å². The summed E-state index contributed by atoms with van der Waals surface area (Å²) >= 11 is -1.72. The van der Waals surface area contributed by atoms with Gasteiger partial charge in [0.25, 0.3) is 0 Å². The van der Waals surface area contributed by atoms with E-state index >= 15 is 0 Å². The van der Waals surface area contributed by atoms with Crippen LogP contribution < -0.4 is 4.40 Å². The summed E-state index contributed by atoms with van der Waals surface area (Å²) in [5, 5.41) is 4.13. The van der Waals surface area contributed by atoms with E-state index in [1.54, 1.807) is 6.20 Å². The zero-order valence-electron chi connectivity index (χ0n) is 29.9. The molecule has 0 bridgehead atoms. The molecule has 49 heavy (non-hydrogen) atoms. The molecule has 0 spiro atoms. The largest absolute Gasteiger partial charge is 0 e. The Morgan fingerprint density at radius 1 is 0.735 bits per heavy atom. The number of nitrogens with zero attached hydrogens (tertiary/aromatic N) is 2. The first-order valence-electron chi connectivity index (χ1n) is 17.0. The zero-order chi connectivity index (χ0) is 34.5. The number of benzene rings is 4. The molecule has 4 aromatic carbocycles. The first-order valence-corrected chi connectivity index (χ1v) is 23.9. The number of furan rings is 2. The second kappa shape index (κ2) is 14.1. The molecule has 0 atom stereocenters. The summed E-state index contributed by atoms with van der Waals surface area (Å²) in [6.07, 6.45) is 3.79. The molecule has 0 amide bonds. The van der Waals surface area contributed by atoms with Crippen molar-refractivity contribution in [1.29, 1.82) is 0 Å². The number of rotatable bonds is 5. The van der Waals surface area contributed by atoms with Gasteiger partial charge in [0.15, 0.2) is 0 Å². The number of hydrogen-bond acceptors (Lipinski definition) is 4. The van der Waals surface area contributed by atoms with Crippen molar-refractivity contribution in [2.24, 2.45) is 0 Å². The summed E-state index contributed by atoms with van der Waals surface area (Å²) < 4.78 is 22.7. The van der Waals surface area contributed by atoms with Crippen LogP contribution in [-0.4, -0.2) is 23.2 Å². The van der Waals surface area contributed by atoms with Gasteiger partial charge in [0.05, 0.1) is 11.2 Å². The number of para-hydroxylation sites is 1. The van der Waals surface area contributed by atoms with Crippen molar-refractivity contribution in [2.75, 3.05) is 0 Å². The summed E-state index contributed by atoms with van der Waals surface area (Å²) in [4.78, 5) is 9.16. The van der Waals surface area contributed by atoms with E-state index in [-0.39, 0.29) is 20.1 Å². The van der Waals surface area contributed by atoms with Crippen molar-refractivity contribution >= 4 is 61.5 Å². The molecule has 0 fully saturated rings. The second-order valence-electron chi connectivity index (χ2n) is 13.9. The summed E-state index contributed by atoms with van der Waals surface area (Å²) in [5.74, 6) is 6.81. The van der Waals surface area contributed by atoms with Gasteiger partial charge in [-0.1, -0.05) is 81.3 Å². The summed E-state index contributed by atoms with van der Waals surface area (Å²) in [6, 6.07) is 37.3. The Balaban J connectivity index is 0.000000215. The van der Waals surface area contributed by atoms with E-state index < -0.39 is 19.2 Å². The molecule has 4 aromatic heterocycles. The molecule has 8 rings (SSSR count). The number of hydrogen-bond donors (Lipinski definition) is 0. The van der Waals surface area contributed by atoms with Crippen LogP contribution in [0.25, 0.3) is 66.4 Å². The van der Waals surface area contributed by atoms with Crippen LogP contribution in [-0.2, 0) is 20.1 Å². The van der Waals surface area contributed by atoms with Crippen molar-refractivity contribution in [3.05, 3.63) is 127 Å². The minimum atomic E-state index is -1.72. The quantitative estimate of drug-likeness (QED) is 0.128. The maximum absolute atomic E-state index is 8.47. The fraction of sp³-hybridized carbons (Fsp3) is 0.209. The first-order chi connectivity index (χ1) is 23.4. The summed E-state index contributed by atoms with van der Waals surface area (Å²) in [7, 11) is 0. The third-order valence-electron chi connectivity index (χ3n) is 8.90.